The third kappa shape index (κ3) is 3.10. The molecule has 120 valence electrons. The Hall–Kier alpha value is -3.03. The lowest BCUT2D eigenvalue weighted by molar-refractivity contribution is -0.385. The van der Waals surface area contributed by atoms with E-state index in [2.05, 4.69) is 4.98 Å². The Balaban J connectivity index is 2.39. The minimum Gasteiger partial charge on any atom is -0.355 e. The van der Waals surface area contributed by atoms with Crippen molar-refractivity contribution >= 4 is 17.3 Å². The Morgan fingerprint density at radius 3 is 2.48 bits per heavy atom. The molecule has 0 bridgehead atoms. The van der Waals surface area contributed by atoms with Crippen molar-refractivity contribution < 1.29 is 14.5 Å². The first kappa shape index (κ1) is 16.3. The molecule has 0 saturated heterocycles. The maximum absolute atomic E-state index is 12.4. The van der Waals surface area contributed by atoms with Crippen molar-refractivity contribution in [2.45, 2.75) is 27.3 Å². The number of pyridine rings is 1. The number of ketones is 2. The molecule has 2 rings (SSSR count). The van der Waals surface area contributed by atoms with Gasteiger partial charge in [-0.15, -0.1) is 0 Å². The number of nitro groups is 1. The summed E-state index contributed by atoms with van der Waals surface area (Å²) in [5.74, 6) is -0.594. The van der Waals surface area contributed by atoms with E-state index in [0.717, 1.165) is 22.9 Å². The van der Waals surface area contributed by atoms with Gasteiger partial charge in [-0.05, 0) is 26.3 Å². The molecule has 0 saturated carbocycles. The summed E-state index contributed by atoms with van der Waals surface area (Å²) < 4.78 is 0.976. The summed E-state index contributed by atoms with van der Waals surface area (Å²) in [6.07, 6.45) is 1.03. The van der Waals surface area contributed by atoms with E-state index < -0.39 is 16.3 Å². The maximum atomic E-state index is 12.4. The Morgan fingerprint density at radius 2 is 1.96 bits per heavy atom. The standard InChI is InChI=1S/C15H15N3O5/c1-8-14(10(3)19)9(2)16-15(8)12(20)7-17-6-11(18(22)23)4-5-13(17)21/h4-6,16H,7H2,1-3H3. The minimum absolute atomic E-state index is 0.164. The predicted octanol–water partition coefficient (Wildman–Crippen LogP) is 1.79. The number of rotatable bonds is 5. The zero-order valence-electron chi connectivity index (χ0n) is 12.9. The summed E-state index contributed by atoms with van der Waals surface area (Å²) in [4.78, 5) is 48.7. The number of Topliss-reactive ketones (excluding diaryl/α,β-unsaturated/α-hetero) is 2. The molecule has 0 atom stereocenters. The van der Waals surface area contributed by atoms with Crippen LogP contribution in [0.2, 0.25) is 0 Å². The van der Waals surface area contributed by atoms with Crippen LogP contribution in [0.15, 0.2) is 23.1 Å². The molecule has 0 aliphatic carbocycles. The van der Waals surface area contributed by atoms with Gasteiger partial charge in [0.1, 0.15) is 0 Å². The Labute approximate surface area is 130 Å². The van der Waals surface area contributed by atoms with E-state index in [1.54, 1.807) is 13.8 Å². The number of nitrogens with zero attached hydrogens (tertiary/aromatic N) is 2. The number of carbonyl (C=O) groups excluding carboxylic acids is 2. The van der Waals surface area contributed by atoms with Gasteiger partial charge >= 0.3 is 0 Å². The molecule has 2 heterocycles. The molecule has 0 aliphatic heterocycles. The summed E-state index contributed by atoms with van der Waals surface area (Å²) in [6, 6.07) is 2.13. The summed E-state index contributed by atoms with van der Waals surface area (Å²) in [5, 5.41) is 10.8. The van der Waals surface area contributed by atoms with Gasteiger partial charge in [0, 0.05) is 23.4 Å². The Kier molecular flexibility index (Phi) is 4.26. The number of carbonyl (C=O) groups is 2. The number of hydrogen-bond acceptors (Lipinski definition) is 5. The Bertz CT molecular complexity index is 876. The van der Waals surface area contributed by atoms with Crippen molar-refractivity contribution in [1.29, 1.82) is 0 Å². The van der Waals surface area contributed by atoms with E-state index >= 15 is 0 Å². The third-order valence-corrected chi connectivity index (χ3v) is 3.56. The van der Waals surface area contributed by atoms with Crippen molar-refractivity contribution in [1.82, 2.24) is 9.55 Å². The van der Waals surface area contributed by atoms with Crippen molar-refractivity contribution in [3.05, 3.63) is 61.3 Å². The molecule has 0 fully saturated rings. The van der Waals surface area contributed by atoms with Crippen molar-refractivity contribution in [2.24, 2.45) is 0 Å². The van der Waals surface area contributed by atoms with Gasteiger partial charge in [0.15, 0.2) is 11.6 Å². The highest BCUT2D eigenvalue weighted by atomic mass is 16.6. The zero-order chi connectivity index (χ0) is 17.3. The van der Waals surface area contributed by atoms with Gasteiger partial charge in [-0.3, -0.25) is 24.5 Å². The van der Waals surface area contributed by atoms with Crippen LogP contribution in [-0.4, -0.2) is 26.0 Å². The molecular formula is C15H15N3O5. The fourth-order valence-corrected chi connectivity index (χ4v) is 2.54. The van der Waals surface area contributed by atoms with Crippen LogP contribution in [0.5, 0.6) is 0 Å². The number of H-pyrrole nitrogens is 1. The van der Waals surface area contributed by atoms with Gasteiger partial charge in [0.2, 0.25) is 0 Å². The molecule has 8 nitrogen and oxygen atoms in total. The lowest BCUT2D eigenvalue weighted by Gasteiger charge is -2.04. The van der Waals surface area contributed by atoms with Gasteiger partial charge in [-0.2, -0.15) is 0 Å². The van der Waals surface area contributed by atoms with Gasteiger partial charge < -0.3 is 9.55 Å². The fourth-order valence-electron chi connectivity index (χ4n) is 2.54. The van der Waals surface area contributed by atoms with E-state index in [0.29, 0.717) is 16.8 Å². The molecule has 0 unspecified atom stereocenters. The largest absolute Gasteiger partial charge is 0.355 e. The van der Waals surface area contributed by atoms with Crippen LogP contribution < -0.4 is 5.56 Å². The molecule has 0 aromatic carbocycles. The van der Waals surface area contributed by atoms with Crippen molar-refractivity contribution in [2.75, 3.05) is 0 Å². The molecule has 8 heteroatoms. The van der Waals surface area contributed by atoms with Crippen LogP contribution in [-0.2, 0) is 6.54 Å². The van der Waals surface area contributed by atoms with E-state index in [-0.39, 0.29) is 23.7 Å². The van der Waals surface area contributed by atoms with Gasteiger partial charge in [-0.1, -0.05) is 0 Å². The molecular weight excluding hydrogens is 302 g/mol. The van der Waals surface area contributed by atoms with Crippen LogP contribution in [0.1, 0.15) is 39.0 Å². The normalized spacial score (nSPS) is 10.6. The first-order valence-electron chi connectivity index (χ1n) is 6.80. The van der Waals surface area contributed by atoms with Crippen LogP contribution >= 0.6 is 0 Å². The maximum Gasteiger partial charge on any atom is 0.285 e. The summed E-state index contributed by atoms with van der Waals surface area (Å²) >= 11 is 0. The fraction of sp³-hybridized carbons (Fsp3) is 0.267. The highest BCUT2D eigenvalue weighted by molar-refractivity contribution is 6.03. The average Bonchev–Trinajstić information content (AvgIpc) is 2.76. The smallest absolute Gasteiger partial charge is 0.285 e. The molecule has 0 radical (unpaired) electrons. The lowest BCUT2D eigenvalue weighted by Crippen LogP contribution is -2.24. The monoisotopic (exact) mass is 317 g/mol. The van der Waals surface area contributed by atoms with E-state index in [9.17, 15) is 24.5 Å². The van der Waals surface area contributed by atoms with E-state index in [1.165, 1.54) is 6.92 Å². The second-order valence-electron chi connectivity index (χ2n) is 5.21. The number of hydrogen-bond donors (Lipinski definition) is 1. The van der Waals surface area contributed by atoms with Gasteiger partial charge in [-0.25, -0.2) is 0 Å². The summed E-state index contributed by atoms with van der Waals surface area (Å²) in [5.41, 5.74) is 0.965. The third-order valence-electron chi connectivity index (χ3n) is 3.56. The quantitative estimate of drug-likeness (QED) is 0.513. The van der Waals surface area contributed by atoms with Gasteiger partial charge in [0.05, 0.1) is 23.4 Å². The number of aryl methyl sites for hydroxylation is 1. The number of nitrogens with one attached hydrogen (secondary N) is 1. The number of aromatic amines is 1. The second-order valence-corrected chi connectivity index (χ2v) is 5.21. The van der Waals surface area contributed by atoms with Crippen LogP contribution in [0.4, 0.5) is 5.69 Å². The molecule has 2 aromatic rings. The predicted molar refractivity (Wildman–Crippen MR) is 82.0 cm³/mol. The highest BCUT2D eigenvalue weighted by Gasteiger charge is 2.20. The average molecular weight is 317 g/mol. The van der Waals surface area contributed by atoms with Crippen molar-refractivity contribution in [3.63, 3.8) is 0 Å². The first-order valence-corrected chi connectivity index (χ1v) is 6.80. The van der Waals surface area contributed by atoms with E-state index in [1.807, 2.05) is 0 Å². The molecule has 0 spiro atoms. The highest BCUT2D eigenvalue weighted by Crippen LogP contribution is 2.19. The molecule has 2 aromatic heterocycles. The molecule has 0 aliphatic rings. The minimum atomic E-state index is -0.641. The lowest BCUT2D eigenvalue weighted by atomic mass is 10.1. The second kappa shape index (κ2) is 5.99. The van der Waals surface area contributed by atoms with Crippen LogP contribution in [0.25, 0.3) is 0 Å². The summed E-state index contributed by atoms with van der Waals surface area (Å²) in [6.45, 7) is 4.38. The molecule has 1 N–H and O–H groups in total. The topological polar surface area (TPSA) is 115 Å². The van der Waals surface area contributed by atoms with Crippen LogP contribution in [0, 0.1) is 24.0 Å². The first-order chi connectivity index (χ1) is 10.7. The van der Waals surface area contributed by atoms with Gasteiger partial charge in [0.25, 0.3) is 11.2 Å². The summed E-state index contributed by atoms with van der Waals surface area (Å²) in [7, 11) is 0. The van der Waals surface area contributed by atoms with Crippen LogP contribution in [0.3, 0.4) is 0 Å². The Morgan fingerprint density at radius 1 is 1.30 bits per heavy atom. The van der Waals surface area contributed by atoms with Crippen molar-refractivity contribution in [3.8, 4) is 0 Å². The number of aromatic nitrogens is 2. The zero-order valence-corrected chi connectivity index (χ0v) is 12.9. The van der Waals surface area contributed by atoms with E-state index in [4.69, 9.17) is 0 Å². The molecule has 0 amide bonds. The SMILES string of the molecule is CC(=O)c1c(C)[nH]c(C(=O)Cn2cc([N+](=O)[O-])ccc2=O)c1C. The molecule has 23 heavy (non-hydrogen) atoms.